The minimum absolute atomic E-state index is 1.08. The Labute approximate surface area is 26.1 Å². The van der Waals surface area contributed by atoms with Crippen molar-refractivity contribution in [1.29, 1.82) is 0 Å². The summed E-state index contributed by atoms with van der Waals surface area (Å²) in [7, 11) is 1.75. The molecular weight excluding hydrogens is 75.0 g/mol. The van der Waals surface area contributed by atoms with E-state index in [1.807, 2.05) is 0 Å². The van der Waals surface area contributed by atoms with Crippen LogP contribution in [0.15, 0.2) is 0 Å². The Morgan fingerprint density at radius 3 is 2.25 bits per heavy atom. The molecule has 3 heteroatoms. The van der Waals surface area contributed by atoms with E-state index in [4.69, 9.17) is 4.57 Å². The van der Waals surface area contributed by atoms with Gasteiger partial charge in [-0.1, -0.05) is 0 Å². The molecule has 0 amide bonds. The quantitative estimate of drug-likeness (QED) is 0.427. The zero-order chi connectivity index (χ0) is 3.41. The fourth-order valence-corrected chi connectivity index (χ4v) is 0. The molecule has 0 fully saturated rings. The predicted octanol–water partition coefficient (Wildman–Crippen LogP) is 0.466. The zero-order valence-corrected chi connectivity index (χ0v) is 3.26. The van der Waals surface area contributed by atoms with Crippen molar-refractivity contribution in [2.24, 2.45) is 0 Å². The molecule has 0 aliphatic heterocycles. The Bertz CT molecular complexity index is 20.0. The van der Waals surface area contributed by atoms with Gasteiger partial charge in [-0.2, -0.15) is 0 Å². The lowest BCUT2D eigenvalue weighted by Crippen LogP contribution is -1.33. The van der Waals surface area contributed by atoms with Gasteiger partial charge < -0.3 is 4.52 Å². The molecule has 1 radical (unpaired) electrons. The molecule has 1 unspecified atom stereocenters. The maximum atomic E-state index is 9.10. The predicted molar refractivity (Wildman–Crippen MR) is 16.8 cm³/mol. The van der Waals surface area contributed by atoms with E-state index in [2.05, 4.69) is 11.6 Å². The number of rotatable bonds is 1. The molecule has 25 valence electrons. The Hall–Kier alpha value is 0.190. The van der Waals surface area contributed by atoms with Crippen LogP contribution in [0, 0.1) is 7.11 Å². The first-order valence-corrected chi connectivity index (χ1v) is 1.70. The molecular formula is CH4O2P. The minimum Gasteiger partial charge on any atom is -0.330 e. The van der Waals surface area contributed by atoms with Crippen LogP contribution in [0.3, 0.4) is 0 Å². The molecule has 0 saturated heterocycles. The highest BCUT2D eigenvalue weighted by Gasteiger charge is 1.44. The Morgan fingerprint density at radius 2 is 2.25 bits per heavy atom. The third kappa shape index (κ3) is 2.19. The van der Waals surface area contributed by atoms with Crippen molar-refractivity contribution >= 4 is 8.69 Å². The second-order valence-corrected chi connectivity index (χ2v) is 0.789. The summed E-state index contributed by atoms with van der Waals surface area (Å²) in [5.74, 6) is 0. The first kappa shape index (κ1) is 4.19. The second kappa shape index (κ2) is 3.19. The largest absolute Gasteiger partial charge is 0.330 e. The van der Waals surface area contributed by atoms with Gasteiger partial charge in [0.15, 0.2) is 8.69 Å². The summed E-state index contributed by atoms with van der Waals surface area (Å²) >= 11 is 0. The lowest BCUT2D eigenvalue weighted by atomic mass is 11.8. The van der Waals surface area contributed by atoms with Crippen molar-refractivity contribution < 1.29 is 9.09 Å². The molecule has 0 aliphatic carbocycles. The van der Waals surface area contributed by atoms with Gasteiger partial charge in [0.05, 0.1) is 7.11 Å². The summed E-state index contributed by atoms with van der Waals surface area (Å²) in [6.07, 6.45) is 0. The average molecular weight is 79.0 g/mol. The van der Waals surface area contributed by atoms with E-state index in [1.54, 1.807) is 0 Å². The molecule has 0 heterocycles. The number of hydrogen-bond acceptors (Lipinski definition) is 2. The summed E-state index contributed by atoms with van der Waals surface area (Å²) < 4.78 is 12.9. The van der Waals surface area contributed by atoms with E-state index in [-0.39, 0.29) is 0 Å². The van der Waals surface area contributed by atoms with Crippen LogP contribution in [-0.2, 0) is 9.09 Å². The smallest absolute Gasteiger partial charge is 0.180 e. The molecule has 1 atom stereocenters. The fourth-order valence-electron chi connectivity index (χ4n) is 0. The van der Waals surface area contributed by atoms with Crippen LogP contribution in [0.1, 0.15) is 0 Å². The van der Waals surface area contributed by atoms with E-state index in [9.17, 15) is 0 Å². The molecule has 2 nitrogen and oxygen atoms in total. The molecule has 0 N–H and O–H groups in total. The summed E-state index contributed by atoms with van der Waals surface area (Å²) in [4.78, 5) is 0. The Kier molecular flexibility index (Phi) is 3.34. The molecule has 0 rings (SSSR count). The average Bonchev–Trinajstić information content (AvgIpc) is 1.37. The highest BCUT2D eigenvalue weighted by atomic mass is 31.1. The second-order valence-electron chi connectivity index (χ2n) is 0.263. The minimum atomic E-state index is -1.08. The van der Waals surface area contributed by atoms with E-state index in [1.165, 1.54) is 0 Å². The Balaban J connectivity index is 2.30. The molecule has 0 aromatic rings. The van der Waals surface area contributed by atoms with Gasteiger partial charge >= 0.3 is 0 Å². The third-order valence-corrected chi connectivity index (χ3v) is 0.204. The Morgan fingerprint density at radius 1 is 2.00 bits per heavy atom. The van der Waals surface area contributed by atoms with Crippen LogP contribution in [0.2, 0.25) is 0 Å². The summed E-state index contributed by atoms with van der Waals surface area (Å²) in [6.45, 7) is 0. The monoisotopic (exact) mass is 79.0 g/mol. The standard InChI is InChI=1S/CH4O2P/c1-3-4-2/h1,4H2. The van der Waals surface area contributed by atoms with Crippen LogP contribution in [-0.4, -0.2) is 0 Å². The maximum absolute atomic E-state index is 9.10. The maximum Gasteiger partial charge on any atom is 0.180 e. The van der Waals surface area contributed by atoms with Crippen molar-refractivity contribution in [3.05, 3.63) is 7.11 Å². The SMILES string of the molecule is [CH2]O[PH2]=O. The van der Waals surface area contributed by atoms with Gasteiger partial charge in [-0.3, -0.25) is 4.57 Å². The van der Waals surface area contributed by atoms with E-state index < -0.39 is 8.69 Å². The molecule has 0 spiro atoms. The fraction of sp³-hybridized carbons (Fsp3) is 0. The van der Waals surface area contributed by atoms with Gasteiger partial charge in [0.25, 0.3) is 0 Å². The number of hydrogen-bond donors (Lipinski definition) is 0. The van der Waals surface area contributed by atoms with Crippen molar-refractivity contribution in [2.45, 2.75) is 0 Å². The van der Waals surface area contributed by atoms with Crippen molar-refractivity contribution in [2.75, 3.05) is 0 Å². The van der Waals surface area contributed by atoms with Gasteiger partial charge in [-0.25, -0.2) is 0 Å². The topological polar surface area (TPSA) is 26.3 Å². The van der Waals surface area contributed by atoms with E-state index in [0.717, 1.165) is 0 Å². The van der Waals surface area contributed by atoms with Gasteiger partial charge in [0.2, 0.25) is 0 Å². The summed E-state index contributed by atoms with van der Waals surface area (Å²) in [5, 5.41) is 0. The van der Waals surface area contributed by atoms with Crippen LogP contribution in [0.5, 0.6) is 0 Å². The zero-order valence-electron chi connectivity index (χ0n) is 2.10. The molecule has 0 bridgehead atoms. The lowest BCUT2D eigenvalue weighted by molar-refractivity contribution is 0.478. The van der Waals surface area contributed by atoms with E-state index in [0.29, 0.717) is 0 Å². The summed E-state index contributed by atoms with van der Waals surface area (Å²) in [5.41, 5.74) is 0. The first-order chi connectivity index (χ1) is 1.91. The van der Waals surface area contributed by atoms with Crippen LogP contribution in [0.25, 0.3) is 0 Å². The van der Waals surface area contributed by atoms with Crippen LogP contribution in [0.4, 0.5) is 0 Å². The first-order valence-electron chi connectivity index (χ1n) is 0.760. The molecule has 0 aliphatic rings. The van der Waals surface area contributed by atoms with Crippen molar-refractivity contribution in [1.82, 2.24) is 0 Å². The van der Waals surface area contributed by atoms with Crippen LogP contribution < -0.4 is 0 Å². The third-order valence-electron chi connectivity index (χ3n) is 0.0680. The highest BCUT2D eigenvalue weighted by molar-refractivity contribution is 7.17. The van der Waals surface area contributed by atoms with E-state index >= 15 is 0 Å². The highest BCUT2D eigenvalue weighted by Crippen LogP contribution is 1.85. The molecule has 4 heavy (non-hydrogen) atoms. The molecule has 0 aromatic heterocycles. The normalized spacial score (nSPS) is 10.2. The summed E-state index contributed by atoms with van der Waals surface area (Å²) in [6, 6.07) is 0. The van der Waals surface area contributed by atoms with Gasteiger partial charge in [-0.05, 0) is 0 Å². The molecule has 0 aromatic carbocycles. The van der Waals surface area contributed by atoms with Gasteiger partial charge in [0.1, 0.15) is 0 Å². The lowest BCUT2D eigenvalue weighted by Gasteiger charge is -1.62. The van der Waals surface area contributed by atoms with Crippen molar-refractivity contribution in [3.63, 3.8) is 0 Å². The van der Waals surface area contributed by atoms with Crippen LogP contribution >= 0.6 is 8.69 Å². The van der Waals surface area contributed by atoms with Gasteiger partial charge in [0, 0.05) is 0 Å². The van der Waals surface area contributed by atoms with Crippen molar-refractivity contribution in [3.8, 4) is 0 Å². The molecule has 0 saturated carbocycles. The van der Waals surface area contributed by atoms with Gasteiger partial charge in [-0.15, -0.1) is 0 Å².